The summed E-state index contributed by atoms with van der Waals surface area (Å²) in [5, 5.41) is 4.37. The molecule has 0 saturated heterocycles. The summed E-state index contributed by atoms with van der Waals surface area (Å²) in [6.07, 6.45) is 1.66. The van der Waals surface area contributed by atoms with Gasteiger partial charge in [0.05, 0.1) is 40.3 Å². The zero-order chi connectivity index (χ0) is 25.7. The smallest absolute Gasteiger partial charge is 0.244 e. The highest BCUT2D eigenvalue weighted by Crippen LogP contribution is 2.44. The Morgan fingerprint density at radius 3 is 2.00 bits per heavy atom. The average molecular weight is 489 g/mol. The lowest BCUT2D eigenvalue weighted by Crippen LogP contribution is -2.09. The molecule has 1 aromatic heterocycles. The van der Waals surface area contributed by atoms with Gasteiger partial charge in [-0.2, -0.15) is 9.78 Å². The molecule has 0 atom stereocenters. The van der Waals surface area contributed by atoms with Crippen molar-refractivity contribution in [2.24, 2.45) is 0 Å². The summed E-state index contributed by atoms with van der Waals surface area (Å²) in [5.74, 6) is 2.33. The van der Waals surface area contributed by atoms with Crippen LogP contribution in [0.3, 0.4) is 0 Å². The van der Waals surface area contributed by atoms with Crippen LogP contribution >= 0.6 is 0 Å². The van der Waals surface area contributed by atoms with E-state index in [1.165, 1.54) is 11.6 Å². The van der Waals surface area contributed by atoms with Gasteiger partial charge in [0.2, 0.25) is 11.7 Å². The number of nitrogens with zero attached hydrogens (tertiary/aromatic N) is 2. The molecule has 0 radical (unpaired) electrons. The second kappa shape index (κ2) is 10.9. The first kappa shape index (κ1) is 24.7. The third-order valence-corrected chi connectivity index (χ3v) is 5.72. The van der Waals surface area contributed by atoms with E-state index in [-0.39, 0.29) is 5.91 Å². The van der Waals surface area contributed by atoms with Gasteiger partial charge in [0, 0.05) is 18.1 Å². The van der Waals surface area contributed by atoms with Gasteiger partial charge < -0.3 is 23.7 Å². The zero-order valence-electron chi connectivity index (χ0n) is 20.9. The summed E-state index contributed by atoms with van der Waals surface area (Å²) < 4.78 is 29.5. The fraction of sp³-hybridized carbons (Fsp3) is 0.214. The molecule has 1 heterocycles. The van der Waals surface area contributed by atoms with Crippen molar-refractivity contribution in [3.8, 4) is 51.1 Å². The van der Waals surface area contributed by atoms with Crippen molar-refractivity contribution < 1.29 is 28.5 Å². The lowest BCUT2D eigenvalue weighted by molar-refractivity contribution is 0.0923. The van der Waals surface area contributed by atoms with Crippen LogP contribution < -0.4 is 23.7 Å². The van der Waals surface area contributed by atoms with Crippen LogP contribution in [0.15, 0.2) is 66.9 Å². The Morgan fingerprint density at radius 1 is 0.778 bits per heavy atom. The van der Waals surface area contributed by atoms with Gasteiger partial charge in [0.1, 0.15) is 6.61 Å². The number of hydrogen-bond donors (Lipinski definition) is 0. The number of methoxy groups -OCH3 is 4. The lowest BCUT2D eigenvalue weighted by Gasteiger charge is -2.16. The molecule has 8 nitrogen and oxygen atoms in total. The molecule has 0 aliphatic heterocycles. The number of carbonyl (C=O) groups excluding carboxylic acids is 1. The maximum Gasteiger partial charge on any atom is 0.244 e. The van der Waals surface area contributed by atoms with Gasteiger partial charge in [-0.15, -0.1) is 0 Å². The van der Waals surface area contributed by atoms with Crippen molar-refractivity contribution in [3.05, 3.63) is 72.4 Å². The summed E-state index contributed by atoms with van der Waals surface area (Å²) >= 11 is 0. The molecule has 0 amide bonds. The Hall–Kier alpha value is -4.46. The third-order valence-electron chi connectivity index (χ3n) is 5.72. The van der Waals surface area contributed by atoms with Crippen LogP contribution in [0.25, 0.3) is 22.4 Å². The summed E-state index contributed by atoms with van der Waals surface area (Å²) in [5.41, 5.74) is 3.82. The molecule has 8 heteroatoms. The number of carbonyl (C=O) groups is 1. The highest BCUT2D eigenvalue weighted by molar-refractivity contribution is 5.90. The van der Waals surface area contributed by atoms with E-state index in [4.69, 9.17) is 23.7 Å². The van der Waals surface area contributed by atoms with Gasteiger partial charge in [-0.3, -0.25) is 4.79 Å². The Labute approximate surface area is 209 Å². The predicted molar refractivity (Wildman–Crippen MR) is 136 cm³/mol. The molecule has 36 heavy (non-hydrogen) atoms. The van der Waals surface area contributed by atoms with Crippen molar-refractivity contribution in [1.82, 2.24) is 9.78 Å². The fourth-order valence-electron chi connectivity index (χ4n) is 3.99. The Morgan fingerprint density at radius 2 is 1.42 bits per heavy atom. The monoisotopic (exact) mass is 488 g/mol. The molecule has 0 aliphatic carbocycles. The maximum absolute atomic E-state index is 12.5. The molecule has 0 aliphatic rings. The standard InChI is InChI=1S/C28H28N2O6/c1-18(31)30-27(21-14-25(33-3)28(35-5)26(15-21)34-4)22(16-29-30)20-11-12-23(32-2)24(13-20)36-17-19-9-7-6-8-10-19/h6-16H,17H2,1-5H3. The molecule has 0 bridgehead atoms. The van der Waals surface area contributed by atoms with E-state index in [0.29, 0.717) is 46.6 Å². The van der Waals surface area contributed by atoms with Crippen molar-refractivity contribution in [2.75, 3.05) is 28.4 Å². The molecule has 0 fully saturated rings. The molecule has 0 saturated carbocycles. The van der Waals surface area contributed by atoms with Gasteiger partial charge in [-0.1, -0.05) is 36.4 Å². The number of aromatic nitrogens is 2. The summed E-state index contributed by atoms with van der Waals surface area (Å²) in [7, 11) is 6.23. The van der Waals surface area contributed by atoms with E-state index in [1.807, 2.05) is 48.5 Å². The van der Waals surface area contributed by atoms with Crippen molar-refractivity contribution in [3.63, 3.8) is 0 Å². The first-order chi connectivity index (χ1) is 17.5. The largest absolute Gasteiger partial charge is 0.493 e. The van der Waals surface area contributed by atoms with E-state index in [0.717, 1.165) is 16.7 Å². The summed E-state index contributed by atoms with van der Waals surface area (Å²) in [4.78, 5) is 12.5. The van der Waals surface area contributed by atoms with Gasteiger partial charge in [-0.25, -0.2) is 0 Å². The van der Waals surface area contributed by atoms with E-state index >= 15 is 0 Å². The van der Waals surface area contributed by atoms with Gasteiger partial charge in [-0.05, 0) is 35.4 Å². The van der Waals surface area contributed by atoms with Crippen molar-refractivity contribution in [1.29, 1.82) is 0 Å². The fourth-order valence-corrected chi connectivity index (χ4v) is 3.99. The molecule has 4 aromatic rings. The second-order valence-corrected chi connectivity index (χ2v) is 7.89. The minimum Gasteiger partial charge on any atom is -0.493 e. The molecule has 4 rings (SSSR count). The topological polar surface area (TPSA) is 81.0 Å². The second-order valence-electron chi connectivity index (χ2n) is 7.89. The zero-order valence-corrected chi connectivity index (χ0v) is 20.9. The van der Waals surface area contributed by atoms with E-state index < -0.39 is 0 Å². The van der Waals surface area contributed by atoms with E-state index in [9.17, 15) is 4.79 Å². The molecular weight excluding hydrogens is 460 g/mol. The SMILES string of the molecule is COc1ccc(-c2cnn(C(C)=O)c2-c2cc(OC)c(OC)c(OC)c2)cc1OCc1ccccc1. The Balaban J connectivity index is 1.83. The van der Waals surface area contributed by atoms with Gasteiger partial charge in [0.15, 0.2) is 23.0 Å². The molecule has 0 unspecified atom stereocenters. The van der Waals surface area contributed by atoms with Crippen LogP contribution in [0, 0.1) is 0 Å². The van der Waals surface area contributed by atoms with Crippen LogP contribution in [-0.4, -0.2) is 44.1 Å². The molecular formula is C28H28N2O6. The minimum atomic E-state index is -0.237. The number of hydrogen-bond acceptors (Lipinski definition) is 7. The quantitative estimate of drug-likeness (QED) is 0.308. The van der Waals surface area contributed by atoms with Crippen molar-refractivity contribution in [2.45, 2.75) is 13.5 Å². The van der Waals surface area contributed by atoms with E-state index in [2.05, 4.69) is 5.10 Å². The van der Waals surface area contributed by atoms with Crippen molar-refractivity contribution >= 4 is 5.91 Å². The number of rotatable bonds is 9. The van der Waals surface area contributed by atoms with Crippen LogP contribution in [0.2, 0.25) is 0 Å². The van der Waals surface area contributed by atoms with Gasteiger partial charge in [0.25, 0.3) is 0 Å². The Kier molecular flexibility index (Phi) is 7.44. The third kappa shape index (κ3) is 4.84. The first-order valence-electron chi connectivity index (χ1n) is 11.2. The average Bonchev–Trinajstić information content (AvgIpc) is 3.37. The highest BCUT2D eigenvalue weighted by atomic mass is 16.5. The predicted octanol–water partition coefficient (Wildman–Crippen LogP) is 5.49. The summed E-state index contributed by atoms with van der Waals surface area (Å²) in [6, 6.07) is 19.1. The molecule has 3 aromatic carbocycles. The normalized spacial score (nSPS) is 10.6. The first-order valence-corrected chi connectivity index (χ1v) is 11.2. The van der Waals surface area contributed by atoms with Crippen LogP contribution in [0.4, 0.5) is 0 Å². The Bertz CT molecular complexity index is 1340. The minimum absolute atomic E-state index is 0.237. The number of ether oxygens (including phenoxy) is 5. The van der Waals surface area contributed by atoms with Gasteiger partial charge >= 0.3 is 0 Å². The van der Waals surface area contributed by atoms with Crippen LogP contribution in [0.5, 0.6) is 28.7 Å². The van der Waals surface area contributed by atoms with Crippen LogP contribution in [-0.2, 0) is 6.61 Å². The molecule has 0 N–H and O–H groups in total. The van der Waals surface area contributed by atoms with E-state index in [1.54, 1.807) is 46.8 Å². The molecule has 0 spiro atoms. The summed E-state index contributed by atoms with van der Waals surface area (Å²) in [6.45, 7) is 1.84. The lowest BCUT2D eigenvalue weighted by atomic mass is 10.00. The van der Waals surface area contributed by atoms with Crippen LogP contribution in [0.1, 0.15) is 17.3 Å². The number of benzene rings is 3. The highest BCUT2D eigenvalue weighted by Gasteiger charge is 2.22. The molecule has 186 valence electrons. The maximum atomic E-state index is 12.5.